The lowest BCUT2D eigenvalue weighted by Crippen LogP contribution is -2.33. The van der Waals surface area contributed by atoms with Crippen LogP contribution in [0.3, 0.4) is 0 Å². The zero-order chi connectivity index (χ0) is 22.3. The Morgan fingerprint density at radius 3 is 2.43 bits per heavy atom. The molecule has 2 rings (SSSR count). The molecule has 6 heteroatoms. The van der Waals surface area contributed by atoms with E-state index in [1.807, 2.05) is 70.5 Å². The molecule has 1 aromatic heterocycles. The predicted octanol–water partition coefficient (Wildman–Crippen LogP) is 4.25. The molecule has 0 aliphatic rings. The number of carbonyl (C=O) groups is 2. The maximum Gasteiger partial charge on any atom is 0.311 e. The maximum atomic E-state index is 13.0. The Morgan fingerprint density at radius 2 is 1.87 bits per heavy atom. The first kappa shape index (κ1) is 23.6. The van der Waals surface area contributed by atoms with Crippen LogP contribution in [0.5, 0.6) is 0 Å². The van der Waals surface area contributed by atoms with Crippen LogP contribution in [0.15, 0.2) is 36.8 Å². The van der Waals surface area contributed by atoms with Crippen LogP contribution in [0.1, 0.15) is 50.9 Å². The number of benzene rings is 1. The highest BCUT2D eigenvalue weighted by molar-refractivity contribution is 5.75. The van der Waals surface area contributed by atoms with Crippen molar-refractivity contribution in [3.05, 3.63) is 53.6 Å². The number of esters is 2. The Morgan fingerprint density at radius 1 is 1.17 bits per heavy atom. The van der Waals surface area contributed by atoms with E-state index in [9.17, 15) is 9.59 Å². The summed E-state index contributed by atoms with van der Waals surface area (Å²) in [4.78, 5) is 29.4. The van der Waals surface area contributed by atoms with Crippen molar-refractivity contribution in [3.63, 3.8) is 0 Å². The van der Waals surface area contributed by atoms with Gasteiger partial charge in [-0.3, -0.25) is 9.59 Å². The number of nitrogens with zero attached hydrogens (tertiary/aromatic N) is 2. The highest BCUT2D eigenvalue weighted by Gasteiger charge is 2.32. The van der Waals surface area contributed by atoms with E-state index in [1.54, 1.807) is 12.5 Å². The van der Waals surface area contributed by atoms with Crippen LogP contribution in [-0.2, 0) is 39.1 Å². The predicted molar refractivity (Wildman–Crippen MR) is 116 cm³/mol. The average molecular weight is 415 g/mol. The van der Waals surface area contributed by atoms with Gasteiger partial charge in [-0.2, -0.15) is 0 Å². The van der Waals surface area contributed by atoms with Crippen molar-refractivity contribution in [3.8, 4) is 0 Å². The molecular weight excluding hydrogens is 380 g/mol. The van der Waals surface area contributed by atoms with Crippen molar-refractivity contribution in [2.75, 3.05) is 6.61 Å². The average Bonchev–Trinajstić information content (AvgIpc) is 3.09. The SMILES string of the molecule is CC[C@H](C(=O)OCc1ccccc1C)[C@H](COC(=O)C(C)(C)C)Cc1cncn1C. The topological polar surface area (TPSA) is 70.4 Å². The molecule has 30 heavy (non-hydrogen) atoms. The van der Waals surface area contributed by atoms with Crippen molar-refractivity contribution in [1.82, 2.24) is 9.55 Å². The minimum Gasteiger partial charge on any atom is -0.465 e. The Kier molecular flexibility index (Phi) is 8.21. The van der Waals surface area contributed by atoms with E-state index < -0.39 is 5.41 Å². The first-order chi connectivity index (χ1) is 14.1. The first-order valence-corrected chi connectivity index (χ1v) is 10.5. The van der Waals surface area contributed by atoms with Crippen LogP contribution >= 0.6 is 0 Å². The summed E-state index contributed by atoms with van der Waals surface area (Å²) in [5.41, 5.74) is 2.47. The number of hydrogen-bond acceptors (Lipinski definition) is 5. The van der Waals surface area contributed by atoms with Crippen molar-refractivity contribution in [2.24, 2.45) is 24.3 Å². The molecule has 6 nitrogen and oxygen atoms in total. The second kappa shape index (κ2) is 10.4. The van der Waals surface area contributed by atoms with Gasteiger partial charge in [0.25, 0.3) is 0 Å². The van der Waals surface area contributed by atoms with Crippen molar-refractivity contribution >= 4 is 11.9 Å². The molecule has 0 bridgehead atoms. The summed E-state index contributed by atoms with van der Waals surface area (Å²) in [6.45, 7) is 9.82. The largest absolute Gasteiger partial charge is 0.465 e. The summed E-state index contributed by atoms with van der Waals surface area (Å²) in [7, 11) is 1.91. The zero-order valence-electron chi connectivity index (χ0n) is 19.0. The monoisotopic (exact) mass is 414 g/mol. The van der Waals surface area contributed by atoms with Gasteiger partial charge < -0.3 is 14.0 Å². The minimum absolute atomic E-state index is 0.166. The minimum atomic E-state index is -0.593. The number of carbonyl (C=O) groups excluding carboxylic acids is 2. The molecule has 0 spiro atoms. The van der Waals surface area contributed by atoms with E-state index in [2.05, 4.69) is 4.98 Å². The van der Waals surface area contributed by atoms with Gasteiger partial charge in [0.15, 0.2) is 0 Å². The summed E-state index contributed by atoms with van der Waals surface area (Å²) in [6, 6.07) is 7.85. The maximum absolute atomic E-state index is 13.0. The summed E-state index contributed by atoms with van der Waals surface area (Å²) in [5.74, 6) is -1.11. The highest BCUT2D eigenvalue weighted by atomic mass is 16.5. The Bertz CT molecular complexity index is 851. The fourth-order valence-corrected chi connectivity index (χ4v) is 3.29. The van der Waals surface area contributed by atoms with E-state index in [0.29, 0.717) is 12.8 Å². The second-order valence-electron chi connectivity index (χ2n) is 8.86. The standard InChI is InChI=1S/C24H34N2O4/c1-7-21(22(27)29-14-18-11-9-8-10-17(18)2)19(12-20-13-25-16-26(20)6)15-30-23(28)24(3,4)5/h8-11,13,16,19,21H,7,12,14-15H2,1-6H3/t19-,21-/m0/s1. The summed E-state index contributed by atoms with van der Waals surface area (Å²) >= 11 is 0. The molecule has 2 atom stereocenters. The van der Waals surface area contributed by atoms with Gasteiger partial charge in [0.1, 0.15) is 6.61 Å². The Hall–Kier alpha value is -2.63. The third kappa shape index (κ3) is 6.44. The van der Waals surface area contributed by atoms with Crippen molar-refractivity contribution in [1.29, 1.82) is 0 Å². The fraction of sp³-hybridized carbons (Fsp3) is 0.542. The van der Waals surface area contributed by atoms with Crippen LogP contribution in [0.25, 0.3) is 0 Å². The normalized spacial score (nSPS) is 13.5. The molecule has 0 radical (unpaired) electrons. The number of ether oxygens (including phenoxy) is 2. The van der Waals surface area contributed by atoms with Crippen LogP contribution in [0.4, 0.5) is 0 Å². The summed E-state index contributed by atoms with van der Waals surface area (Å²) in [6.07, 6.45) is 4.68. The molecule has 0 saturated carbocycles. The Labute approximate surface area is 179 Å². The fourth-order valence-electron chi connectivity index (χ4n) is 3.29. The molecule has 2 aromatic rings. The molecule has 0 aliphatic carbocycles. The highest BCUT2D eigenvalue weighted by Crippen LogP contribution is 2.25. The van der Waals surface area contributed by atoms with Gasteiger partial charge in [0.2, 0.25) is 0 Å². The van der Waals surface area contributed by atoms with Crippen LogP contribution in [0, 0.1) is 24.2 Å². The Balaban J connectivity index is 2.13. The van der Waals surface area contributed by atoms with Gasteiger partial charge in [0.05, 0.1) is 24.3 Å². The summed E-state index contributed by atoms with van der Waals surface area (Å²) < 4.78 is 13.2. The molecule has 0 unspecified atom stereocenters. The molecule has 0 N–H and O–H groups in total. The molecule has 164 valence electrons. The van der Waals surface area contributed by atoms with Crippen molar-refractivity contribution < 1.29 is 19.1 Å². The first-order valence-electron chi connectivity index (χ1n) is 10.5. The van der Waals surface area contributed by atoms with Gasteiger partial charge in [-0.15, -0.1) is 0 Å². The number of aromatic nitrogens is 2. The third-order valence-electron chi connectivity index (χ3n) is 5.37. The number of hydrogen-bond donors (Lipinski definition) is 0. The lowest BCUT2D eigenvalue weighted by molar-refractivity contribution is -0.160. The molecule has 1 heterocycles. The molecule has 1 aromatic carbocycles. The number of aryl methyl sites for hydroxylation is 2. The van der Waals surface area contributed by atoms with E-state index in [-0.39, 0.29) is 37.0 Å². The van der Waals surface area contributed by atoms with Gasteiger partial charge in [0, 0.05) is 24.9 Å². The zero-order valence-corrected chi connectivity index (χ0v) is 19.0. The van der Waals surface area contributed by atoms with Gasteiger partial charge >= 0.3 is 11.9 Å². The second-order valence-corrected chi connectivity index (χ2v) is 8.86. The third-order valence-corrected chi connectivity index (χ3v) is 5.37. The van der Waals surface area contributed by atoms with Crippen LogP contribution in [-0.4, -0.2) is 28.1 Å². The number of rotatable bonds is 9. The van der Waals surface area contributed by atoms with Crippen LogP contribution in [0.2, 0.25) is 0 Å². The van der Waals surface area contributed by atoms with E-state index in [1.165, 1.54) is 0 Å². The number of imidazole rings is 1. The van der Waals surface area contributed by atoms with Crippen LogP contribution < -0.4 is 0 Å². The molecular formula is C24H34N2O4. The van der Waals surface area contributed by atoms with Gasteiger partial charge in [-0.05, 0) is 51.7 Å². The molecule has 0 fully saturated rings. The quantitative estimate of drug-likeness (QED) is 0.574. The lowest BCUT2D eigenvalue weighted by Gasteiger charge is -2.26. The van der Waals surface area contributed by atoms with Crippen molar-refractivity contribution in [2.45, 2.75) is 54.1 Å². The molecule has 0 saturated heterocycles. The smallest absolute Gasteiger partial charge is 0.311 e. The van der Waals surface area contributed by atoms with E-state index in [4.69, 9.17) is 9.47 Å². The van der Waals surface area contributed by atoms with E-state index >= 15 is 0 Å². The van der Waals surface area contributed by atoms with Gasteiger partial charge in [-0.25, -0.2) is 4.98 Å². The molecule has 0 aliphatic heterocycles. The van der Waals surface area contributed by atoms with E-state index in [0.717, 1.165) is 16.8 Å². The summed E-state index contributed by atoms with van der Waals surface area (Å²) in [5, 5.41) is 0. The lowest BCUT2D eigenvalue weighted by atomic mass is 9.86. The van der Waals surface area contributed by atoms with Gasteiger partial charge in [-0.1, -0.05) is 31.2 Å². The molecule has 0 amide bonds.